The Morgan fingerprint density at radius 2 is 1.23 bits per heavy atom. The molecule has 0 aliphatic rings. The van der Waals surface area contributed by atoms with Gasteiger partial charge in [0.05, 0.1) is 10.1 Å². The maximum Gasteiger partial charge on any atom is 0.241 e. The second-order valence-corrected chi connectivity index (χ2v) is 16.0. The number of rotatable bonds is 6. The van der Waals surface area contributed by atoms with Gasteiger partial charge in [0, 0.05) is 0 Å². The highest BCUT2D eigenvalue weighted by molar-refractivity contribution is 7.89. The van der Waals surface area contributed by atoms with Crippen molar-refractivity contribution in [2.45, 2.75) is 50.8 Å². The van der Waals surface area contributed by atoms with Crippen LogP contribution in [0.4, 0.5) is 0 Å². The summed E-state index contributed by atoms with van der Waals surface area (Å²) in [7, 11) is -6.25. The molecule has 0 spiro atoms. The van der Waals surface area contributed by atoms with Gasteiger partial charge in [-0.25, -0.2) is 13.1 Å². The van der Waals surface area contributed by atoms with Gasteiger partial charge in [-0.3, -0.25) is 0 Å². The summed E-state index contributed by atoms with van der Waals surface area (Å²) in [5.41, 5.74) is 1.64. The van der Waals surface area contributed by atoms with Crippen LogP contribution in [-0.4, -0.2) is 16.5 Å². The largest absolute Gasteiger partial charge is 0.241 e. The average molecular weight is 452 g/mol. The number of hydrogen-bond donors (Lipinski definition) is 1. The summed E-state index contributed by atoms with van der Waals surface area (Å²) in [5, 5.41) is 0.423. The predicted molar refractivity (Wildman–Crippen MR) is 133 cm³/mol. The minimum atomic E-state index is -3.77. The van der Waals surface area contributed by atoms with E-state index in [0.717, 1.165) is 11.1 Å². The van der Waals surface area contributed by atoms with E-state index in [2.05, 4.69) is 62.9 Å². The zero-order chi connectivity index (χ0) is 22.9. The standard InChI is InChI=1S/C26H33NO2SSi/c1-21-17-19-23(20-18-21)30(28,29)27-26(25(2,3)4,22-13-9-7-10-14-22)31(5,6)24-15-11-8-12-16-24/h7-20,27H,1-6H3. The van der Waals surface area contributed by atoms with Crippen molar-refractivity contribution in [2.75, 3.05) is 0 Å². The third-order valence-electron chi connectivity index (χ3n) is 6.38. The predicted octanol–water partition coefficient (Wildman–Crippen LogP) is 5.37. The summed E-state index contributed by atoms with van der Waals surface area (Å²) in [6.45, 7) is 12.9. The highest BCUT2D eigenvalue weighted by Gasteiger charge is 2.58. The molecule has 0 aliphatic carbocycles. The van der Waals surface area contributed by atoms with Gasteiger partial charge in [-0.2, -0.15) is 0 Å². The normalized spacial score (nSPS) is 14.8. The monoisotopic (exact) mass is 451 g/mol. The fourth-order valence-corrected chi connectivity index (χ4v) is 11.9. The van der Waals surface area contributed by atoms with Crippen molar-refractivity contribution in [3.63, 3.8) is 0 Å². The molecule has 3 rings (SSSR count). The van der Waals surface area contributed by atoms with Crippen LogP contribution in [0.2, 0.25) is 13.1 Å². The Morgan fingerprint density at radius 1 is 0.742 bits per heavy atom. The van der Waals surface area contributed by atoms with E-state index < -0.39 is 28.7 Å². The Bertz CT molecular complexity index is 1120. The molecule has 0 saturated carbocycles. The average Bonchev–Trinajstić information content (AvgIpc) is 2.72. The molecular weight excluding hydrogens is 418 g/mol. The molecule has 1 N–H and O–H groups in total. The first-order chi connectivity index (χ1) is 14.4. The molecule has 0 aliphatic heterocycles. The summed E-state index contributed by atoms with van der Waals surface area (Å²) in [6.07, 6.45) is 0. The van der Waals surface area contributed by atoms with E-state index in [-0.39, 0.29) is 0 Å². The van der Waals surface area contributed by atoms with E-state index in [9.17, 15) is 8.42 Å². The summed E-state index contributed by atoms with van der Waals surface area (Å²) < 4.78 is 30.8. The Hall–Kier alpha value is -2.21. The topological polar surface area (TPSA) is 46.2 Å². The number of hydrogen-bond acceptors (Lipinski definition) is 2. The molecule has 3 aromatic rings. The van der Waals surface area contributed by atoms with Crippen LogP contribution in [0.15, 0.2) is 89.8 Å². The molecule has 0 saturated heterocycles. The Balaban J connectivity index is 2.32. The molecule has 31 heavy (non-hydrogen) atoms. The minimum Gasteiger partial charge on any atom is -0.207 e. The summed E-state index contributed by atoms with van der Waals surface area (Å²) in [4.78, 5) is 0.292. The minimum absolute atomic E-state index is 0.292. The van der Waals surface area contributed by atoms with E-state index >= 15 is 0 Å². The van der Waals surface area contributed by atoms with Crippen molar-refractivity contribution in [1.82, 2.24) is 4.72 Å². The second-order valence-electron chi connectivity index (χ2n) is 9.78. The highest BCUT2D eigenvalue weighted by Crippen LogP contribution is 2.47. The van der Waals surface area contributed by atoms with Crippen molar-refractivity contribution in [1.29, 1.82) is 0 Å². The van der Waals surface area contributed by atoms with Crippen LogP contribution in [0.3, 0.4) is 0 Å². The molecular formula is C26H33NO2SSi. The number of benzene rings is 3. The first kappa shape index (κ1) is 23.5. The number of nitrogens with one attached hydrogen (secondary N) is 1. The van der Waals surface area contributed by atoms with E-state index in [4.69, 9.17) is 0 Å². The Labute approximate surface area is 188 Å². The van der Waals surface area contributed by atoms with Gasteiger partial charge >= 0.3 is 0 Å². The zero-order valence-corrected chi connectivity index (χ0v) is 21.1. The van der Waals surface area contributed by atoms with Gasteiger partial charge in [-0.05, 0) is 30.0 Å². The molecule has 0 fully saturated rings. The number of sulfonamides is 1. The molecule has 164 valence electrons. The molecule has 0 heterocycles. The van der Waals surface area contributed by atoms with Crippen LogP contribution in [0.25, 0.3) is 0 Å². The maximum atomic E-state index is 13.8. The van der Waals surface area contributed by atoms with Gasteiger partial charge < -0.3 is 0 Å². The van der Waals surface area contributed by atoms with Crippen molar-refractivity contribution in [3.05, 3.63) is 96.1 Å². The lowest BCUT2D eigenvalue weighted by Crippen LogP contribution is -2.72. The lowest BCUT2D eigenvalue weighted by molar-refractivity contribution is 0.246. The summed E-state index contributed by atoms with van der Waals surface area (Å²) in [6, 6.07) is 27.5. The molecule has 5 heteroatoms. The SMILES string of the molecule is Cc1ccc(S(=O)(=O)NC(c2ccccc2)(C(C)(C)C)[Si](C)(C)c2ccccc2)cc1. The molecule has 1 unspecified atom stereocenters. The van der Waals surface area contributed by atoms with Gasteiger partial charge in [-0.15, -0.1) is 0 Å². The zero-order valence-electron chi connectivity index (χ0n) is 19.3. The van der Waals surface area contributed by atoms with Gasteiger partial charge in [0.15, 0.2) is 0 Å². The summed E-state index contributed by atoms with van der Waals surface area (Å²) in [5.74, 6) is 0. The molecule has 0 bridgehead atoms. The van der Waals surface area contributed by atoms with Gasteiger partial charge in [0.1, 0.15) is 8.07 Å². The molecule has 3 aromatic carbocycles. The molecule has 1 atom stereocenters. The van der Waals surface area contributed by atoms with Crippen LogP contribution in [-0.2, 0) is 15.2 Å². The van der Waals surface area contributed by atoms with Crippen molar-refractivity contribution in [3.8, 4) is 0 Å². The highest BCUT2D eigenvalue weighted by atomic mass is 32.2. The first-order valence-corrected chi connectivity index (χ1v) is 15.1. The number of aryl methyl sites for hydroxylation is 1. The first-order valence-electron chi connectivity index (χ1n) is 10.6. The van der Waals surface area contributed by atoms with Gasteiger partial charge in [-0.1, -0.05) is 117 Å². The molecule has 0 radical (unpaired) electrons. The van der Waals surface area contributed by atoms with E-state index in [1.165, 1.54) is 5.19 Å². The van der Waals surface area contributed by atoms with Crippen LogP contribution in [0.1, 0.15) is 31.9 Å². The second kappa shape index (κ2) is 8.38. The van der Waals surface area contributed by atoms with E-state index in [0.29, 0.717) is 4.90 Å². The van der Waals surface area contributed by atoms with E-state index in [1.54, 1.807) is 12.1 Å². The lowest BCUT2D eigenvalue weighted by atomic mass is 9.82. The molecule has 3 nitrogen and oxygen atoms in total. The van der Waals surface area contributed by atoms with Gasteiger partial charge in [0.2, 0.25) is 10.0 Å². The third-order valence-corrected chi connectivity index (χ3v) is 12.8. The summed E-state index contributed by atoms with van der Waals surface area (Å²) >= 11 is 0. The fraction of sp³-hybridized carbons (Fsp3) is 0.308. The van der Waals surface area contributed by atoms with Crippen LogP contribution < -0.4 is 9.91 Å². The van der Waals surface area contributed by atoms with Gasteiger partial charge in [0.25, 0.3) is 0 Å². The van der Waals surface area contributed by atoms with Crippen LogP contribution in [0.5, 0.6) is 0 Å². The van der Waals surface area contributed by atoms with Crippen molar-refractivity contribution >= 4 is 23.3 Å². The molecule has 0 amide bonds. The quantitative estimate of drug-likeness (QED) is 0.512. The Kier molecular flexibility index (Phi) is 6.34. The molecule has 0 aromatic heterocycles. The van der Waals surface area contributed by atoms with E-state index in [1.807, 2.05) is 55.5 Å². The smallest absolute Gasteiger partial charge is 0.207 e. The third kappa shape index (κ3) is 4.27. The van der Waals surface area contributed by atoms with Crippen molar-refractivity contribution < 1.29 is 8.42 Å². The lowest BCUT2D eigenvalue weighted by Gasteiger charge is -2.54. The maximum absolute atomic E-state index is 13.8. The van der Waals surface area contributed by atoms with Crippen LogP contribution >= 0.6 is 0 Å². The Morgan fingerprint density at radius 3 is 1.71 bits per heavy atom. The fourth-order valence-electron chi connectivity index (χ4n) is 4.81. The van der Waals surface area contributed by atoms with Crippen molar-refractivity contribution in [2.24, 2.45) is 5.41 Å². The van der Waals surface area contributed by atoms with Crippen LogP contribution in [0, 0.1) is 12.3 Å².